The van der Waals surface area contributed by atoms with Gasteiger partial charge in [-0.2, -0.15) is 5.26 Å². The minimum Gasteiger partial charge on any atom is -0.514 e. The second-order valence-corrected chi connectivity index (χ2v) is 2.02. The molecule has 0 heterocycles. The molecule has 0 saturated carbocycles. The topological polar surface area (TPSA) is 44.0 Å². The van der Waals surface area contributed by atoms with Crippen molar-refractivity contribution in [3.8, 4) is 6.07 Å². The quantitative estimate of drug-likeness (QED) is 0.394. The molecule has 0 amide bonds. The fourth-order valence-electron chi connectivity index (χ4n) is 0.786. The van der Waals surface area contributed by atoms with Crippen LogP contribution in [0.1, 0.15) is 5.56 Å². The van der Waals surface area contributed by atoms with Crippen molar-refractivity contribution in [2.75, 3.05) is 0 Å². The zero-order valence-electron chi connectivity index (χ0n) is 6.86. The maximum Gasteiger partial charge on any atom is 0.103 e. The van der Waals surface area contributed by atoms with E-state index in [0.29, 0.717) is 0 Å². The van der Waals surface area contributed by atoms with Crippen LogP contribution in [0.4, 0.5) is 0 Å². The maximum absolute atomic E-state index is 8.59. The van der Waals surface area contributed by atoms with E-state index in [0.717, 1.165) is 11.8 Å². The van der Waals surface area contributed by atoms with Crippen molar-refractivity contribution in [1.82, 2.24) is 0 Å². The van der Waals surface area contributed by atoms with Crippen LogP contribution < -0.4 is 0 Å². The molecule has 1 aromatic rings. The standard InChI is InChI=1S/C9H7NO.Na/c10-6-9(7-11)8-4-2-1-3-5-8;/h1-5,7,11H;/b9-7+;. The Hall–Kier alpha value is -0.750. The third kappa shape index (κ3) is 2.71. The van der Waals surface area contributed by atoms with Gasteiger partial charge in [-0.3, -0.25) is 0 Å². The Morgan fingerprint density at radius 1 is 1.33 bits per heavy atom. The van der Waals surface area contributed by atoms with Crippen LogP contribution >= 0.6 is 0 Å². The van der Waals surface area contributed by atoms with Gasteiger partial charge in [0.1, 0.15) is 6.07 Å². The molecule has 1 N–H and O–H groups in total. The summed E-state index contributed by atoms with van der Waals surface area (Å²) in [6, 6.07) is 10.9. The van der Waals surface area contributed by atoms with Gasteiger partial charge in [0, 0.05) is 29.6 Å². The molecule has 1 rings (SSSR count). The van der Waals surface area contributed by atoms with E-state index >= 15 is 0 Å². The largest absolute Gasteiger partial charge is 0.514 e. The number of benzene rings is 1. The first-order valence-electron chi connectivity index (χ1n) is 3.18. The van der Waals surface area contributed by atoms with Crippen LogP contribution in [0, 0.1) is 11.3 Å². The number of aliphatic hydroxyl groups excluding tert-OH is 1. The number of hydrogen-bond acceptors (Lipinski definition) is 2. The Morgan fingerprint density at radius 3 is 2.33 bits per heavy atom. The van der Waals surface area contributed by atoms with Gasteiger partial charge in [-0.25, -0.2) is 0 Å². The van der Waals surface area contributed by atoms with Gasteiger partial charge in [0.05, 0.1) is 11.8 Å². The molecule has 0 spiro atoms. The number of rotatable bonds is 1. The number of aliphatic hydroxyl groups is 1. The Labute approximate surface area is 93.4 Å². The molecule has 12 heavy (non-hydrogen) atoms. The fraction of sp³-hybridized carbons (Fsp3) is 0. The summed E-state index contributed by atoms with van der Waals surface area (Å²) in [5.74, 6) is 0. The summed E-state index contributed by atoms with van der Waals surface area (Å²) in [6.45, 7) is 0. The Kier molecular flexibility index (Phi) is 5.48. The van der Waals surface area contributed by atoms with Crippen molar-refractivity contribution >= 4 is 35.1 Å². The van der Waals surface area contributed by atoms with E-state index < -0.39 is 0 Å². The van der Waals surface area contributed by atoms with E-state index in [-0.39, 0.29) is 35.1 Å². The summed E-state index contributed by atoms with van der Waals surface area (Å²) in [7, 11) is 0. The molecule has 0 aliphatic heterocycles. The van der Waals surface area contributed by atoms with Gasteiger partial charge in [0.25, 0.3) is 0 Å². The molecule has 1 aromatic carbocycles. The molecule has 0 fully saturated rings. The molecule has 0 aromatic heterocycles. The van der Waals surface area contributed by atoms with Gasteiger partial charge >= 0.3 is 0 Å². The molecule has 0 bridgehead atoms. The first kappa shape index (κ1) is 11.2. The molecule has 0 unspecified atom stereocenters. The van der Waals surface area contributed by atoms with Crippen molar-refractivity contribution in [1.29, 1.82) is 5.26 Å². The van der Waals surface area contributed by atoms with Gasteiger partial charge in [-0.1, -0.05) is 30.3 Å². The summed E-state index contributed by atoms with van der Waals surface area (Å²) in [5, 5.41) is 17.1. The summed E-state index contributed by atoms with van der Waals surface area (Å²) >= 11 is 0. The van der Waals surface area contributed by atoms with Crippen molar-refractivity contribution in [2.24, 2.45) is 0 Å². The Bertz CT molecular complexity index is 300. The van der Waals surface area contributed by atoms with Gasteiger partial charge in [-0.15, -0.1) is 0 Å². The third-order valence-electron chi connectivity index (χ3n) is 1.33. The second kappa shape index (κ2) is 5.84. The number of nitriles is 1. The van der Waals surface area contributed by atoms with Crippen molar-refractivity contribution < 1.29 is 5.11 Å². The van der Waals surface area contributed by atoms with Gasteiger partial charge in [0.2, 0.25) is 0 Å². The second-order valence-electron chi connectivity index (χ2n) is 2.02. The minimum atomic E-state index is 0. The predicted molar refractivity (Wildman–Crippen MR) is 48.4 cm³/mol. The van der Waals surface area contributed by atoms with Crippen molar-refractivity contribution in [2.45, 2.75) is 0 Å². The first-order chi connectivity index (χ1) is 5.38. The first-order valence-corrected chi connectivity index (χ1v) is 3.18. The zero-order chi connectivity index (χ0) is 8.10. The summed E-state index contributed by atoms with van der Waals surface area (Å²) in [6.07, 6.45) is 0.815. The normalized spacial score (nSPS) is 9.75. The van der Waals surface area contributed by atoms with E-state index in [1.807, 2.05) is 24.3 Å². The van der Waals surface area contributed by atoms with Crippen LogP contribution in [0.2, 0.25) is 0 Å². The SMILES string of the molecule is N#C/C(=C\O)c1ccccc1.[Na]. The fourth-order valence-corrected chi connectivity index (χ4v) is 0.786. The molecule has 0 aliphatic carbocycles. The van der Waals surface area contributed by atoms with Crippen molar-refractivity contribution in [3.63, 3.8) is 0 Å². The number of hydrogen-bond donors (Lipinski definition) is 1. The van der Waals surface area contributed by atoms with E-state index in [1.165, 1.54) is 0 Å². The molecule has 0 aliphatic rings. The maximum atomic E-state index is 8.59. The minimum absolute atomic E-state index is 0. The smallest absolute Gasteiger partial charge is 0.103 e. The van der Waals surface area contributed by atoms with E-state index in [2.05, 4.69) is 0 Å². The summed E-state index contributed by atoms with van der Waals surface area (Å²) in [4.78, 5) is 0. The zero-order valence-corrected chi connectivity index (χ0v) is 8.86. The van der Waals surface area contributed by atoms with E-state index in [4.69, 9.17) is 10.4 Å². The molecular weight excluding hydrogens is 161 g/mol. The summed E-state index contributed by atoms with van der Waals surface area (Å²) in [5.41, 5.74) is 1.02. The average Bonchev–Trinajstić information content (AvgIpc) is 2.09. The molecule has 55 valence electrons. The molecule has 0 atom stereocenters. The van der Waals surface area contributed by atoms with E-state index in [9.17, 15) is 0 Å². The monoisotopic (exact) mass is 168 g/mol. The molecule has 2 nitrogen and oxygen atoms in total. The van der Waals surface area contributed by atoms with Crippen molar-refractivity contribution in [3.05, 3.63) is 42.2 Å². The molecule has 0 saturated heterocycles. The van der Waals surface area contributed by atoms with Gasteiger partial charge < -0.3 is 5.11 Å². The van der Waals surface area contributed by atoms with Crippen LogP contribution in [0.25, 0.3) is 5.57 Å². The van der Waals surface area contributed by atoms with E-state index in [1.54, 1.807) is 12.1 Å². The van der Waals surface area contributed by atoms with Gasteiger partial charge in [-0.05, 0) is 5.56 Å². The van der Waals surface area contributed by atoms with Crippen LogP contribution in [0.3, 0.4) is 0 Å². The average molecular weight is 168 g/mol. The number of allylic oxidation sites excluding steroid dienone is 1. The molecular formula is C9H7NNaO. The molecule has 3 heteroatoms. The van der Waals surface area contributed by atoms with Gasteiger partial charge in [0.15, 0.2) is 0 Å². The predicted octanol–water partition coefficient (Wildman–Crippen LogP) is 1.73. The van der Waals surface area contributed by atoms with Crippen LogP contribution in [0.15, 0.2) is 36.6 Å². The van der Waals surface area contributed by atoms with Crippen LogP contribution in [-0.4, -0.2) is 34.7 Å². The Balaban J connectivity index is 0.00000121. The third-order valence-corrected chi connectivity index (χ3v) is 1.33. The van der Waals surface area contributed by atoms with Crippen LogP contribution in [0.5, 0.6) is 0 Å². The Morgan fingerprint density at radius 2 is 1.92 bits per heavy atom. The van der Waals surface area contributed by atoms with Crippen LogP contribution in [-0.2, 0) is 0 Å². The summed E-state index contributed by atoms with van der Waals surface area (Å²) < 4.78 is 0. The number of nitrogens with zero attached hydrogens (tertiary/aromatic N) is 1. The molecule has 1 radical (unpaired) electrons.